The van der Waals surface area contributed by atoms with E-state index < -0.39 is 11.7 Å². The number of nitrogens with one attached hydrogen (secondary N) is 1. The van der Waals surface area contributed by atoms with Crippen molar-refractivity contribution in [3.8, 4) is 23.1 Å². The summed E-state index contributed by atoms with van der Waals surface area (Å²) in [5.74, 6) is 0.235. The second-order valence-corrected chi connectivity index (χ2v) is 8.15. The van der Waals surface area contributed by atoms with Gasteiger partial charge in [0.15, 0.2) is 10.5 Å². The van der Waals surface area contributed by atoms with E-state index in [1.165, 1.54) is 48.3 Å². The summed E-state index contributed by atoms with van der Waals surface area (Å²) in [5, 5.41) is 13.7. The minimum Gasteiger partial charge on any atom is -0.497 e. The maximum Gasteiger partial charge on any atom is 0.232 e. The van der Waals surface area contributed by atoms with Gasteiger partial charge in [0.1, 0.15) is 11.6 Å². The van der Waals surface area contributed by atoms with Crippen LogP contribution >= 0.6 is 12.2 Å². The maximum absolute atomic E-state index is 13.5. The van der Waals surface area contributed by atoms with E-state index >= 15 is 0 Å². The molecule has 11 heteroatoms. The zero-order valence-electron chi connectivity index (χ0n) is 19.6. The maximum atomic E-state index is 13.5. The Hall–Kier alpha value is -4.25. The van der Waals surface area contributed by atoms with Gasteiger partial charge in [-0.25, -0.2) is 14.4 Å². The Morgan fingerprint density at radius 2 is 1.67 bits per heavy atom. The molecule has 4 aromatic rings. The molecule has 1 amide bonds. The van der Waals surface area contributed by atoms with Gasteiger partial charge in [0.05, 0.1) is 44.4 Å². The number of amides is 1. The molecule has 0 saturated heterocycles. The molecule has 2 heterocycles. The predicted molar refractivity (Wildman–Crippen MR) is 134 cm³/mol. The molecule has 0 aliphatic carbocycles. The average Bonchev–Trinajstić information content (AvgIpc) is 3.12. The van der Waals surface area contributed by atoms with Crippen molar-refractivity contribution >= 4 is 24.1 Å². The first-order valence-electron chi connectivity index (χ1n) is 11.0. The summed E-state index contributed by atoms with van der Waals surface area (Å²) in [6, 6.07) is 13.2. The van der Waals surface area contributed by atoms with Crippen molar-refractivity contribution in [3.63, 3.8) is 0 Å². The number of anilines is 1. The SMILES string of the molecule is COc1ccc(CCn2c(CC(=O)Nc3ncc(OC)cn3)c(O)n(-c3ccc(F)cc3)c2=S)cc1. The molecular weight excluding hydrogens is 485 g/mol. The van der Waals surface area contributed by atoms with Gasteiger partial charge in [0.25, 0.3) is 0 Å². The van der Waals surface area contributed by atoms with Gasteiger partial charge in [-0.05, 0) is 60.6 Å². The number of carbonyl (C=O) groups is 1. The van der Waals surface area contributed by atoms with Crippen LogP contribution in [0.4, 0.5) is 10.3 Å². The highest BCUT2D eigenvalue weighted by molar-refractivity contribution is 7.71. The van der Waals surface area contributed by atoms with Crippen LogP contribution in [-0.4, -0.2) is 44.3 Å². The lowest BCUT2D eigenvalue weighted by Crippen LogP contribution is -2.19. The number of benzene rings is 2. The lowest BCUT2D eigenvalue weighted by molar-refractivity contribution is -0.115. The van der Waals surface area contributed by atoms with Crippen molar-refractivity contribution < 1.29 is 23.8 Å². The molecule has 9 nitrogen and oxygen atoms in total. The third-order valence-corrected chi connectivity index (χ3v) is 5.93. The molecule has 2 N–H and O–H groups in total. The highest BCUT2D eigenvalue weighted by Crippen LogP contribution is 2.27. The average molecular weight is 510 g/mol. The zero-order chi connectivity index (χ0) is 25.7. The fourth-order valence-corrected chi connectivity index (χ4v) is 4.04. The van der Waals surface area contributed by atoms with Crippen molar-refractivity contribution in [1.82, 2.24) is 19.1 Å². The molecule has 2 aromatic heterocycles. The summed E-state index contributed by atoms with van der Waals surface area (Å²) in [4.78, 5) is 20.9. The fraction of sp³-hybridized carbons (Fsp3) is 0.200. The standard InChI is InChI=1S/C25H24FN5O4S/c1-34-19-9-3-16(4-10-19)11-12-30-21(13-22(32)29-24-27-14-20(35-2)15-28-24)23(33)31(25(30)36)18-7-5-17(26)6-8-18/h3-10,14-15,33H,11-13H2,1-2H3,(H,27,28,29,32). The molecular formula is C25H24FN5O4S. The Balaban J connectivity index is 1.64. The Morgan fingerprint density at radius 3 is 2.28 bits per heavy atom. The highest BCUT2D eigenvalue weighted by atomic mass is 32.1. The molecule has 0 radical (unpaired) electrons. The molecule has 0 aliphatic rings. The summed E-state index contributed by atoms with van der Waals surface area (Å²) in [5.41, 5.74) is 1.81. The Kier molecular flexibility index (Phi) is 7.59. The predicted octanol–water partition coefficient (Wildman–Crippen LogP) is 4.08. The molecule has 0 fully saturated rings. The lowest BCUT2D eigenvalue weighted by atomic mass is 10.1. The molecule has 0 unspecified atom stereocenters. The number of nitrogens with zero attached hydrogens (tertiary/aromatic N) is 4. The minimum atomic E-state index is -0.445. The first kappa shape index (κ1) is 24.9. The van der Waals surface area contributed by atoms with E-state index in [0.717, 1.165) is 11.3 Å². The number of halogens is 1. The topological polar surface area (TPSA) is 103 Å². The molecule has 2 aromatic carbocycles. The van der Waals surface area contributed by atoms with Crippen molar-refractivity contribution in [1.29, 1.82) is 0 Å². The molecule has 36 heavy (non-hydrogen) atoms. The first-order valence-corrected chi connectivity index (χ1v) is 11.4. The van der Waals surface area contributed by atoms with Gasteiger partial charge >= 0.3 is 0 Å². The Labute approximate surface area is 211 Å². The molecule has 0 bridgehead atoms. The molecule has 0 atom stereocenters. The second-order valence-electron chi connectivity index (χ2n) is 7.79. The number of rotatable bonds is 9. The van der Waals surface area contributed by atoms with Crippen molar-refractivity contribution in [2.45, 2.75) is 19.4 Å². The van der Waals surface area contributed by atoms with Crippen LogP contribution in [0, 0.1) is 10.6 Å². The number of methoxy groups -OCH3 is 2. The van der Waals surface area contributed by atoms with Crippen LogP contribution in [0.15, 0.2) is 60.9 Å². The highest BCUT2D eigenvalue weighted by Gasteiger charge is 2.21. The van der Waals surface area contributed by atoms with Gasteiger partial charge in [-0.15, -0.1) is 0 Å². The fourth-order valence-electron chi connectivity index (χ4n) is 3.64. The first-order chi connectivity index (χ1) is 17.4. The number of imidazole rings is 1. The number of aromatic hydroxyl groups is 1. The minimum absolute atomic E-state index is 0.0987. The van der Waals surface area contributed by atoms with Crippen molar-refractivity contribution in [2.75, 3.05) is 19.5 Å². The van der Waals surface area contributed by atoms with Crippen LogP contribution in [0.5, 0.6) is 17.4 Å². The van der Waals surface area contributed by atoms with E-state index in [1.54, 1.807) is 11.7 Å². The third-order valence-electron chi connectivity index (χ3n) is 5.53. The summed E-state index contributed by atoms with van der Waals surface area (Å²) >= 11 is 5.66. The van der Waals surface area contributed by atoms with Crippen molar-refractivity contribution in [3.05, 3.63) is 82.8 Å². The van der Waals surface area contributed by atoms with E-state index in [2.05, 4.69) is 15.3 Å². The molecule has 0 saturated carbocycles. The van der Waals surface area contributed by atoms with Crippen LogP contribution in [-0.2, 0) is 24.2 Å². The summed E-state index contributed by atoms with van der Waals surface area (Å²) < 4.78 is 27.1. The van der Waals surface area contributed by atoms with Crippen molar-refractivity contribution in [2.24, 2.45) is 0 Å². The van der Waals surface area contributed by atoms with Gasteiger partial charge in [-0.1, -0.05) is 12.1 Å². The number of hydrogen-bond donors (Lipinski definition) is 2. The lowest BCUT2D eigenvalue weighted by Gasteiger charge is -2.09. The Bertz CT molecular complexity index is 1400. The van der Waals surface area contributed by atoms with Crippen LogP contribution in [0.2, 0.25) is 0 Å². The number of hydrogen-bond acceptors (Lipinski definition) is 7. The number of aryl methyl sites for hydroxylation is 1. The Morgan fingerprint density at radius 1 is 1.03 bits per heavy atom. The molecule has 0 spiro atoms. The largest absolute Gasteiger partial charge is 0.497 e. The zero-order valence-corrected chi connectivity index (χ0v) is 20.5. The molecule has 186 valence electrons. The van der Waals surface area contributed by atoms with E-state index in [0.29, 0.717) is 30.1 Å². The van der Waals surface area contributed by atoms with E-state index in [-0.39, 0.29) is 23.0 Å². The third kappa shape index (κ3) is 5.52. The number of carbonyl (C=O) groups excluding carboxylic acids is 1. The normalized spacial score (nSPS) is 10.8. The second kappa shape index (κ2) is 11.0. The van der Waals surface area contributed by atoms with Gasteiger partial charge in [-0.3, -0.25) is 14.7 Å². The van der Waals surface area contributed by atoms with Gasteiger partial charge < -0.3 is 19.1 Å². The van der Waals surface area contributed by atoms with Crippen LogP contribution in [0.25, 0.3) is 5.69 Å². The summed E-state index contributed by atoms with van der Waals surface area (Å²) in [6.45, 7) is 0.397. The van der Waals surface area contributed by atoms with E-state index in [4.69, 9.17) is 21.7 Å². The van der Waals surface area contributed by atoms with E-state index in [1.807, 2.05) is 24.3 Å². The van der Waals surface area contributed by atoms with Crippen LogP contribution in [0.1, 0.15) is 11.3 Å². The summed E-state index contributed by atoms with van der Waals surface area (Å²) in [7, 11) is 3.09. The van der Waals surface area contributed by atoms with Gasteiger partial charge in [-0.2, -0.15) is 0 Å². The van der Waals surface area contributed by atoms with E-state index in [9.17, 15) is 14.3 Å². The van der Waals surface area contributed by atoms with Crippen LogP contribution in [0.3, 0.4) is 0 Å². The number of ether oxygens (including phenoxy) is 2. The summed E-state index contributed by atoms with van der Waals surface area (Å²) in [6.07, 6.45) is 3.26. The quantitative estimate of drug-likeness (QED) is 0.328. The molecule has 4 rings (SSSR count). The number of aromatic nitrogens is 4. The van der Waals surface area contributed by atoms with Gasteiger partial charge in [0.2, 0.25) is 17.7 Å². The van der Waals surface area contributed by atoms with Gasteiger partial charge in [0, 0.05) is 6.54 Å². The monoisotopic (exact) mass is 509 g/mol. The molecule has 0 aliphatic heterocycles. The van der Waals surface area contributed by atoms with Crippen LogP contribution < -0.4 is 14.8 Å². The smallest absolute Gasteiger partial charge is 0.232 e.